The Morgan fingerprint density at radius 1 is 1.00 bits per heavy atom. The van der Waals surface area contributed by atoms with E-state index in [4.69, 9.17) is 14.2 Å². The second kappa shape index (κ2) is 8.31. The molecule has 0 aliphatic heterocycles. The molecule has 7 nitrogen and oxygen atoms in total. The van der Waals surface area contributed by atoms with Crippen LogP contribution in [0.15, 0.2) is 42.6 Å². The average Bonchev–Trinajstić information content (AvgIpc) is 2.71. The molecule has 0 saturated heterocycles. The Morgan fingerprint density at radius 2 is 1.70 bits per heavy atom. The molecule has 0 fully saturated rings. The molecule has 3 aromatic rings. The molecule has 0 bridgehead atoms. The van der Waals surface area contributed by atoms with Gasteiger partial charge in [0.1, 0.15) is 5.82 Å². The first-order chi connectivity index (χ1) is 13.2. The number of nitrogens with one attached hydrogen (secondary N) is 1. The van der Waals surface area contributed by atoms with E-state index < -0.39 is 0 Å². The van der Waals surface area contributed by atoms with Crippen molar-refractivity contribution in [1.82, 2.24) is 15.2 Å². The second-order valence-electron chi connectivity index (χ2n) is 5.53. The summed E-state index contributed by atoms with van der Waals surface area (Å²) in [4.78, 5) is 4.33. The van der Waals surface area contributed by atoms with Crippen LogP contribution in [-0.2, 0) is 6.54 Å². The van der Waals surface area contributed by atoms with Gasteiger partial charge in [0.15, 0.2) is 11.5 Å². The maximum absolute atomic E-state index is 13.9. The van der Waals surface area contributed by atoms with Gasteiger partial charge in [-0.2, -0.15) is 5.10 Å². The van der Waals surface area contributed by atoms with E-state index in [1.807, 2.05) is 12.1 Å². The van der Waals surface area contributed by atoms with Crippen molar-refractivity contribution in [3.63, 3.8) is 0 Å². The Balaban J connectivity index is 1.81. The van der Waals surface area contributed by atoms with Gasteiger partial charge in [-0.25, -0.2) is 9.37 Å². The molecule has 0 aliphatic carbocycles. The van der Waals surface area contributed by atoms with Crippen LogP contribution in [0.25, 0.3) is 11.3 Å². The smallest absolute Gasteiger partial charge is 0.243 e. The fraction of sp³-hybridized carbons (Fsp3) is 0.211. The molecular weight excluding hydrogens is 351 g/mol. The predicted molar refractivity (Wildman–Crippen MR) is 98.6 cm³/mol. The predicted octanol–water partition coefficient (Wildman–Crippen LogP) is 3.32. The van der Waals surface area contributed by atoms with Gasteiger partial charge >= 0.3 is 0 Å². The molecule has 0 aliphatic rings. The summed E-state index contributed by atoms with van der Waals surface area (Å²) in [6, 6.07) is 10.0. The number of aromatic nitrogens is 3. The summed E-state index contributed by atoms with van der Waals surface area (Å²) in [5.74, 6) is 1.53. The molecule has 27 heavy (non-hydrogen) atoms. The van der Waals surface area contributed by atoms with E-state index in [1.165, 1.54) is 12.3 Å². The molecular formula is C19H19FN4O3. The van der Waals surface area contributed by atoms with E-state index in [0.29, 0.717) is 35.1 Å². The highest BCUT2D eigenvalue weighted by Gasteiger charge is 2.13. The van der Waals surface area contributed by atoms with Gasteiger partial charge in [-0.05, 0) is 29.8 Å². The van der Waals surface area contributed by atoms with Gasteiger partial charge < -0.3 is 19.5 Å². The summed E-state index contributed by atoms with van der Waals surface area (Å²) in [6.45, 7) is 0.388. The Bertz CT molecular complexity index is 911. The summed E-state index contributed by atoms with van der Waals surface area (Å²) in [5, 5.41) is 10.9. The maximum atomic E-state index is 13.9. The van der Waals surface area contributed by atoms with Crippen LogP contribution in [0.3, 0.4) is 0 Å². The van der Waals surface area contributed by atoms with Crippen LogP contribution in [0, 0.1) is 5.82 Å². The SMILES string of the molecule is COc1cc(CNc2nncc(-c3ccccc3F)n2)cc(OC)c1OC. The number of nitrogens with zero attached hydrogens (tertiary/aromatic N) is 3. The van der Waals surface area contributed by atoms with Crippen molar-refractivity contribution in [1.29, 1.82) is 0 Å². The lowest BCUT2D eigenvalue weighted by Crippen LogP contribution is -2.06. The number of rotatable bonds is 7. The molecule has 0 amide bonds. The molecule has 0 unspecified atom stereocenters. The van der Waals surface area contributed by atoms with Crippen LogP contribution in [0.2, 0.25) is 0 Å². The van der Waals surface area contributed by atoms with Crippen LogP contribution in [-0.4, -0.2) is 36.5 Å². The van der Waals surface area contributed by atoms with Gasteiger partial charge in [-0.3, -0.25) is 0 Å². The summed E-state index contributed by atoms with van der Waals surface area (Å²) in [6.07, 6.45) is 1.42. The third kappa shape index (κ3) is 4.05. The molecule has 8 heteroatoms. The summed E-state index contributed by atoms with van der Waals surface area (Å²) < 4.78 is 29.9. The number of benzene rings is 2. The zero-order valence-electron chi connectivity index (χ0n) is 15.2. The third-order valence-electron chi connectivity index (χ3n) is 3.88. The first kappa shape index (κ1) is 18.4. The van der Waals surface area contributed by atoms with Gasteiger partial charge in [-0.1, -0.05) is 12.1 Å². The molecule has 2 aromatic carbocycles. The van der Waals surface area contributed by atoms with E-state index in [2.05, 4.69) is 20.5 Å². The van der Waals surface area contributed by atoms with Gasteiger partial charge in [0.2, 0.25) is 11.7 Å². The number of hydrogen-bond acceptors (Lipinski definition) is 7. The first-order valence-electron chi connectivity index (χ1n) is 8.13. The van der Waals surface area contributed by atoms with Gasteiger partial charge in [0.25, 0.3) is 0 Å². The molecule has 1 heterocycles. The summed E-state index contributed by atoms with van der Waals surface area (Å²) >= 11 is 0. The number of hydrogen-bond donors (Lipinski definition) is 1. The molecule has 140 valence electrons. The van der Waals surface area contributed by atoms with Crippen LogP contribution < -0.4 is 19.5 Å². The first-order valence-corrected chi connectivity index (χ1v) is 8.13. The zero-order chi connectivity index (χ0) is 19.2. The zero-order valence-corrected chi connectivity index (χ0v) is 15.2. The topological polar surface area (TPSA) is 78.4 Å². The second-order valence-corrected chi connectivity index (χ2v) is 5.53. The third-order valence-corrected chi connectivity index (χ3v) is 3.88. The number of ether oxygens (including phenoxy) is 3. The number of anilines is 1. The average molecular weight is 370 g/mol. The Kier molecular flexibility index (Phi) is 5.65. The highest BCUT2D eigenvalue weighted by molar-refractivity contribution is 5.60. The summed E-state index contributed by atoms with van der Waals surface area (Å²) in [5.41, 5.74) is 1.63. The van der Waals surface area contributed by atoms with Gasteiger partial charge in [0, 0.05) is 12.1 Å². The maximum Gasteiger partial charge on any atom is 0.243 e. The van der Waals surface area contributed by atoms with Crippen molar-refractivity contribution in [2.45, 2.75) is 6.54 Å². The number of halogens is 1. The summed E-state index contributed by atoms with van der Waals surface area (Å²) in [7, 11) is 4.66. The van der Waals surface area contributed by atoms with Crippen molar-refractivity contribution < 1.29 is 18.6 Å². The molecule has 0 spiro atoms. The van der Waals surface area contributed by atoms with Crippen LogP contribution in [0.1, 0.15) is 5.56 Å². The fourth-order valence-corrected chi connectivity index (χ4v) is 2.60. The van der Waals surface area contributed by atoms with E-state index in [-0.39, 0.29) is 11.8 Å². The lowest BCUT2D eigenvalue weighted by Gasteiger charge is -2.14. The van der Waals surface area contributed by atoms with Crippen molar-refractivity contribution in [3.05, 3.63) is 54.0 Å². The molecule has 1 N–H and O–H groups in total. The minimum absolute atomic E-state index is 0.282. The van der Waals surface area contributed by atoms with Crippen LogP contribution >= 0.6 is 0 Å². The van der Waals surface area contributed by atoms with E-state index in [1.54, 1.807) is 39.5 Å². The molecule has 0 atom stereocenters. The van der Waals surface area contributed by atoms with Crippen molar-refractivity contribution in [2.24, 2.45) is 0 Å². The van der Waals surface area contributed by atoms with Crippen molar-refractivity contribution >= 4 is 5.95 Å². The highest BCUT2D eigenvalue weighted by Crippen LogP contribution is 2.38. The van der Waals surface area contributed by atoms with Crippen LogP contribution in [0.4, 0.5) is 10.3 Å². The number of methoxy groups -OCH3 is 3. The van der Waals surface area contributed by atoms with E-state index in [0.717, 1.165) is 5.56 Å². The van der Waals surface area contributed by atoms with Gasteiger partial charge in [0.05, 0.1) is 33.2 Å². The van der Waals surface area contributed by atoms with Crippen molar-refractivity contribution in [3.8, 4) is 28.5 Å². The molecule has 3 rings (SSSR count). The fourth-order valence-electron chi connectivity index (χ4n) is 2.60. The molecule has 1 aromatic heterocycles. The van der Waals surface area contributed by atoms with E-state index in [9.17, 15) is 4.39 Å². The normalized spacial score (nSPS) is 10.4. The van der Waals surface area contributed by atoms with Crippen LogP contribution in [0.5, 0.6) is 17.2 Å². The standard InChI is InChI=1S/C19H19FN4O3/c1-25-16-8-12(9-17(26-2)18(16)27-3)10-21-19-23-15(11-22-24-19)13-6-4-5-7-14(13)20/h4-9,11H,10H2,1-3H3,(H,21,23,24). The Morgan fingerprint density at radius 3 is 2.33 bits per heavy atom. The minimum atomic E-state index is -0.367. The molecule has 0 radical (unpaired) electrons. The Labute approximate surface area is 156 Å². The largest absolute Gasteiger partial charge is 0.493 e. The van der Waals surface area contributed by atoms with Gasteiger partial charge in [-0.15, -0.1) is 5.10 Å². The lowest BCUT2D eigenvalue weighted by molar-refractivity contribution is 0.324. The Hall–Kier alpha value is -3.42. The minimum Gasteiger partial charge on any atom is -0.493 e. The molecule has 0 saturated carbocycles. The van der Waals surface area contributed by atoms with Crippen molar-refractivity contribution in [2.75, 3.05) is 26.6 Å². The van der Waals surface area contributed by atoms with E-state index >= 15 is 0 Å². The quantitative estimate of drug-likeness (QED) is 0.683. The lowest BCUT2D eigenvalue weighted by atomic mass is 10.1. The highest BCUT2D eigenvalue weighted by atomic mass is 19.1. The monoisotopic (exact) mass is 370 g/mol.